The summed E-state index contributed by atoms with van der Waals surface area (Å²) in [5, 5.41) is 0. The van der Waals surface area contributed by atoms with Gasteiger partial charge in [0.1, 0.15) is 0 Å². The molecule has 0 N–H and O–H groups in total. The number of benzene rings is 2. The van der Waals surface area contributed by atoms with E-state index in [-0.39, 0.29) is 0 Å². The van der Waals surface area contributed by atoms with Crippen molar-refractivity contribution in [1.29, 1.82) is 0 Å². The summed E-state index contributed by atoms with van der Waals surface area (Å²) < 4.78 is 0. The molecule has 0 amide bonds. The summed E-state index contributed by atoms with van der Waals surface area (Å²) >= 11 is 0. The van der Waals surface area contributed by atoms with Gasteiger partial charge in [0.25, 0.3) is 0 Å². The predicted molar refractivity (Wildman–Crippen MR) is 78.4 cm³/mol. The molecular formula is C18H18. The molecule has 0 fully saturated rings. The number of hydrogen-bond acceptors (Lipinski definition) is 0. The van der Waals surface area contributed by atoms with Crippen molar-refractivity contribution < 1.29 is 0 Å². The molecule has 90 valence electrons. The minimum absolute atomic E-state index is 1.20. The van der Waals surface area contributed by atoms with Crippen molar-refractivity contribution in [3.63, 3.8) is 0 Å². The van der Waals surface area contributed by atoms with Gasteiger partial charge in [-0.1, -0.05) is 54.6 Å². The van der Waals surface area contributed by atoms with E-state index in [1.165, 1.54) is 47.1 Å². The zero-order valence-electron chi connectivity index (χ0n) is 10.8. The standard InChI is InChI=1S/C18H18/c1-14-7-2-3-9-16(14)13-17-11-6-10-15-8-4-5-12-18(15)17/h2-5,7-9,12-13H,6,10-11H2,1H3/b17-13+. The fraction of sp³-hybridized carbons (Fsp3) is 0.222. The van der Waals surface area contributed by atoms with Crippen molar-refractivity contribution in [3.05, 3.63) is 70.8 Å². The van der Waals surface area contributed by atoms with Crippen LogP contribution in [0.4, 0.5) is 0 Å². The zero-order chi connectivity index (χ0) is 12.4. The minimum atomic E-state index is 1.20. The third-order valence-electron chi connectivity index (χ3n) is 3.77. The highest BCUT2D eigenvalue weighted by Crippen LogP contribution is 2.32. The van der Waals surface area contributed by atoms with Crippen LogP contribution in [0.5, 0.6) is 0 Å². The Hall–Kier alpha value is -1.82. The van der Waals surface area contributed by atoms with E-state index in [2.05, 4.69) is 61.5 Å². The molecule has 0 spiro atoms. The molecule has 0 saturated heterocycles. The summed E-state index contributed by atoms with van der Waals surface area (Å²) in [6, 6.07) is 17.4. The SMILES string of the molecule is Cc1ccccc1/C=C1\CCCc2ccccc21. The van der Waals surface area contributed by atoms with Gasteiger partial charge in [0.2, 0.25) is 0 Å². The van der Waals surface area contributed by atoms with E-state index in [0.29, 0.717) is 0 Å². The molecule has 0 aromatic heterocycles. The second-order valence-corrected chi connectivity index (χ2v) is 5.04. The monoisotopic (exact) mass is 234 g/mol. The minimum Gasteiger partial charge on any atom is -0.0620 e. The Balaban J connectivity index is 2.07. The van der Waals surface area contributed by atoms with Gasteiger partial charge >= 0.3 is 0 Å². The average molecular weight is 234 g/mol. The summed E-state index contributed by atoms with van der Waals surface area (Å²) in [5.74, 6) is 0. The lowest BCUT2D eigenvalue weighted by atomic mass is 9.86. The Bertz CT molecular complexity index is 590. The maximum atomic E-state index is 2.37. The van der Waals surface area contributed by atoms with Crippen molar-refractivity contribution in [1.82, 2.24) is 0 Å². The van der Waals surface area contributed by atoms with Gasteiger partial charge in [-0.3, -0.25) is 0 Å². The van der Waals surface area contributed by atoms with Crippen molar-refractivity contribution in [2.24, 2.45) is 0 Å². The molecule has 18 heavy (non-hydrogen) atoms. The Kier molecular flexibility index (Phi) is 3.02. The summed E-state index contributed by atoms with van der Waals surface area (Å²) in [7, 11) is 0. The van der Waals surface area contributed by atoms with Gasteiger partial charge < -0.3 is 0 Å². The zero-order valence-corrected chi connectivity index (χ0v) is 10.8. The lowest BCUT2D eigenvalue weighted by molar-refractivity contribution is 0.824. The van der Waals surface area contributed by atoms with E-state index in [1.807, 2.05) is 0 Å². The van der Waals surface area contributed by atoms with Gasteiger partial charge in [0, 0.05) is 0 Å². The summed E-state index contributed by atoms with van der Waals surface area (Å²) in [4.78, 5) is 0. The van der Waals surface area contributed by atoms with Crippen molar-refractivity contribution in [2.75, 3.05) is 0 Å². The Morgan fingerprint density at radius 3 is 2.56 bits per heavy atom. The number of rotatable bonds is 1. The molecule has 1 aliphatic carbocycles. The lowest BCUT2D eigenvalue weighted by Gasteiger charge is -2.19. The molecule has 0 radical (unpaired) electrons. The average Bonchev–Trinajstić information content (AvgIpc) is 2.42. The first kappa shape index (κ1) is 11.3. The molecule has 0 heteroatoms. The molecule has 0 saturated carbocycles. The van der Waals surface area contributed by atoms with E-state index in [4.69, 9.17) is 0 Å². The van der Waals surface area contributed by atoms with Crippen LogP contribution < -0.4 is 0 Å². The lowest BCUT2D eigenvalue weighted by Crippen LogP contribution is -2.01. The second-order valence-electron chi connectivity index (χ2n) is 5.04. The van der Waals surface area contributed by atoms with Crippen molar-refractivity contribution >= 4 is 11.6 Å². The number of allylic oxidation sites excluding steroid dienone is 1. The van der Waals surface area contributed by atoms with E-state index in [0.717, 1.165) is 0 Å². The first-order chi connectivity index (χ1) is 8.84. The van der Waals surface area contributed by atoms with Crippen LogP contribution in [0.1, 0.15) is 35.1 Å². The van der Waals surface area contributed by atoms with Crippen LogP contribution in [0, 0.1) is 6.92 Å². The molecular weight excluding hydrogens is 216 g/mol. The topological polar surface area (TPSA) is 0 Å². The second kappa shape index (κ2) is 4.81. The van der Waals surface area contributed by atoms with Crippen LogP contribution in [0.2, 0.25) is 0 Å². The van der Waals surface area contributed by atoms with E-state index < -0.39 is 0 Å². The normalized spacial score (nSPS) is 16.6. The van der Waals surface area contributed by atoms with Crippen molar-refractivity contribution in [2.45, 2.75) is 26.2 Å². The van der Waals surface area contributed by atoms with Crippen LogP contribution in [-0.2, 0) is 6.42 Å². The molecule has 0 bridgehead atoms. The van der Waals surface area contributed by atoms with Gasteiger partial charge in [-0.05, 0) is 54.0 Å². The highest BCUT2D eigenvalue weighted by atomic mass is 14.2. The van der Waals surface area contributed by atoms with Gasteiger partial charge in [-0.15, -0.1) is 0 Å². The van der Waals surface area contributed by atoms with Crippen LogP contribution in [-0.4, -0.2) is 0 Å². The summed E-state index contributed by atoms with van der Waals surface area (Å²) in [6.45, 7) is 2.18. The molecule has 0 heterocycles. The Morgan fingerprint density at radius 2 is 1.67 bits per heavy atom. The van der Waals surface area contributed by atoms with Crippen LogP contribution >= 0.6 is 0 Å². The number of aryl methyl sites for hydroxylation is 2. The summed E-state index contributed by atoms with van der Waals surface area (Å²) in [6.07, 6.45) is 6.06. The van der Waals surface area contributed by atoms with Crippen LogP contribution in [0.3, 0.4) is 0 Å². The fourth-order valence-corrected chi connectivity index (χ4v) is 2.74. The largest absolute Gasteiger partial charge is 0.0620 e. The van der Waals surface area contributed by atoms with Gasteiger partial charge in [-0.25, -0.2) is 0 Å². The van der Waals surface area contributed by atoms with Gasteiger partial charge in [0.15, 0.2) is 0 Å². The molecule has 3 rings (SSSR count). The third kappa shape index (κ3) is 2.11. The Morgan fingerprint density at radius 1 is 0.889 bits per heavy atom. The first-order valence-corrected chi connectivity index (χ1v) is 6.69. The maximum absolute atomic E-state index is 2.37. The van der Waals surface area contributed by atoms with Crippen LogP contribution in [0.15, 0.2) is 48.5 Å². The molecule has 2 aromatic rings. The molecule has 1 aliphatic rings. The predicted octanol–water partition coefficient (Wildman–Crippen LogP) is 4.87. The number of fused-ring (bicyclic) bond motifs is 1. The molecule has 0 aliphatic heterocycles. The smallest absolute Gasteiger partial charge is 0.0192 e. The molecule has 0 atom stereocenters. The first-order valence-electron chi connectivity index (χ1n) is 6.69. The van der Waals surface area contributed by atoms with Crippen molar-refractivity contribution in [3.8, 4) is 0 Å². The molecule has 0 unspecified atom stereocenters. The summed E-state index contributed by atoms with van der Waals surface area (Å²) in [5.41, 5.74) is 7.15. The van der Waals surface area contributed by atoms with E-state index in [9.17, 15) is 0 Å². The highest BCUT2D eigenvalue weighted by Gasteiger charge is 2.13. The number of hydrogen-bond donors (Lipinski definition) is 0. The van der Waals surface area contributed by atoms with Crippen LogP contribution in [0.25, 0.3) is 11.6 Å². The molecule has 0 nitrogen and oxygen atoms in total. The highest BCUT2D eigenvalue weighted by molar-refractivity contribution is 5.84. The quantitative estimate of drug-likeness (QED) is 0.660. The maximum Gasteiger partial charge on any atom is -0.0192 e. The fourth-order valence-electron chi connectivity index (χ4n) is 2.74. The van der Waals surface area contributed by atoms with Gasteiger partial charge in [-0.2, -0.15) is 0 Å². The molecule has 2 aromatic carbocycles. The van der Waals surface area contributed by atoms with E-state index in [1.54, 1.807) is 0 Å². The van der Waals surface area contributed by atoms with E-state index >= 15 is 0 Å². The third-order valence-corrected chi connectivity index (χ3v) is 3.77. The van der Waals surface area contributed by atoms with Gasteiger partial charge in [0.05, 0.1) is 0 Å². The Labute approximate surface area is 109 Å².